The van der Waals surface area contributed by atoms with E-state index in [1.165, 1.54) is 165 Å². The zero-order chi connectivity index (χ0) is 28.4. The Morgan fingerprint density at radius 3 is 1.48 bits per heavy atom. The molecule has 40 heavy (non-hydrogen) atoms. The fraction of sp³-hybridized carbons (Fsp3) is 0.763. The largest absolute Gasteiger partial charge is 0.335 e. The lowest BCUT2D eigenvalue weighted by atomic mass is 10.0. The van der Waals surface area contributed by atoms with Crippen molar-refractivity contribution in [2.75, 3.05) is 0 Å². The van der Waals surface area contributed by atoms with Crippen molar-refractivity contribution in [1.29, 1.82) is 0 Å². The van der Waals surface area contributed by atoms with Gasteiger partial charge in [-0.15, -0.1) is 0 Å². The lowest BCUT2D eigenvalue weighted by Crippen LogP contribution is -2.03. The first kappa shape index (κ1) is 34.6. The Hall–Kier alpha value is -1.57. The maximum atomic E-state index is 5.13. The first-order valence-corrected chi connectivity index (χ1v) is 17.9. The number of aromatic nitrogens is 2. The molecular formula is C38H66N2. The molecule has 0 aliphatic heterocycles. The van der Waals surface area contributed by atoms with Gasteiger partial charge < -0.3 is 4.57 Å². The van der Waals surface area contributed by atoms with Crippen LogP contribution < -0.4 is 0 Å². The predicted octanol–water partition coefficient (Wildman–Crippen LogP) is 12.2. The summed E-state index contributed by atoms with van der Waals surface area (Å²) in [6.45, 7) is 5.76. The lowest BCUT2D eigenvalue weighted by Gasteiger charge is -2.08. The van der Waals surface area contributed by atoms with E-state index >= 15 is 0 Å². The third-order valence-electron chi connectivity index (χ3n) is 8.66. The number of unbranched alkanes of at least 4 members (excludes halogenated alkanes) is 20. The first-order valence-electron chi connectivity index (χ1n) is 17.9. The summed E-state index contributed by atoms with van der Waals surface area (Å²) in [4.78, 5) is 5.13. The summed E-state index contributed by atoms with van der Waals surface area (Å²) in [5.74, 6) is 1.35. The molecule has 2 nitrogen and oxygen atoms in total. The van der Waals surface area contributed by atoms with Gasteiger partial charge in [0.05, 0.1) is 5.69 Å². The van der Waals surface area contributed by atoms with E-state index in [-0.39, 0.29) is 0 Å². The van der Waals surface area contributed by atoms with Crippen molar-refractivity contribution in [2.24, 2.45) is 0 Å². The highest BCUT2D eigenvalue weighted by Gasteiger charge is 2.08. The number of benzene rings is 1. The fourth-order valence-electron chi connectivity index (χ4n) is 6.04. The second kappa shape index (κ2) is 25.2. The van der Waals surface area contributed by atoms with E-state index in [9.17, 15) is 0 Å². The Morgan fingerprint density at radius 2 is 0.950 bits per heavy atom. The van der Waals surface area contributed by atoms with Crippen LogP contribution in [0, 0.1) is 0 Å². The van der Waals surface area contributed by atoms with Crippen LogP contribution >= 0.6 is 0 Å². The summed E-state index contributed by atoms with van der Waals surface area (Å²) >= 11 is 0. The molecule has 2 aromatic rings. The molecule has 1 aromatic heterocycles. The third kappa shape index (κ3) is 18.0. The maximum Gasteiger partial charge on any atom is 0.108 e. The molecule has 0 aliphatic carbocycles. The topological polar surface area (TPSA) is 17.8 Å². The number of hydrogen-bond acceptors (Lipinski definition) is 1. The van der Waals surface area contributed by atoms with E-state index in [0.29, 0.717) is 0 Å². The molecule has 0 N–H and O–H groups in total. The van der Waals surface area contributed by atoms with Crippen molar-refractivity contribution >= 4 is 0 Å². The summed E-state index contributed by atoms with van der Waals surface area (Å²) in [5, 5.41) is 0. The second-order valence-corrected chi connectivity index (χ2v) is 12.5. The number of aryl methyl sites for hydroxylation is 4. The van der Waals surface area contributed by atoms with Crippen LogP contribution in [0.5, 0.6) is 0 Å². The molecule has 228 valence electrons. The van der Waals surface area contributed by atoms with Crippen molar-refractivity contribution in [3.63, 3.8) is 0 Å². The number of hydrogen-bond donors (Lipinski definition) is 0. The molecule has 0 aliphatic rings. The van der Waals surface area contributed by atoms with E-state index in [2.05, 4.69) is 54.9 Å². The Labute approximate surface area is 250 Å². The Kier molecular flexibility index (Phi) is 21.8. The van der Waals surface area contributed by atoms with Gasteiger partial charge in [0.2, 0.25) is 0 Å². The van der Waals surface area contributed by atoms with Crippen LogP contribution in [0.4, 0.5) is 0 Å². The monoisotopic (exact) mass is 551 g/mol. The summed E-state index contributed by atoms with van der Waals surface area (Å²) in [5.41, 5.74) is 2.76. The van der Waals surface area contributed by atoms with Gasteiger partial charge in [-0.25, -0.2) is 4.98 Å². The molecule has 1 heterocycles. The van der Waals surface area contributed by atoms with Crippen molar-refractivity contribution in [1.82, 2.24) is 9.55 Å². The van der Waals surface area contributed by atoms with Crippen LogP contribution in [0.15, 0.2) is 36.5 Å². The molecule has 0 fully saturated rings. The highest BCUT2D eigenvalue weighted by Crippen LogP contribution is 2.17. The Bertz CT molecular complexity index is 793. The van der Waals surface area contributed by atoms with Gasteiger partial charge in [-0.1, -0.05) is 173 Å². The smallest absolute Gasteiger partial charge is 0.108 e. The first-order chi connectivity index (χ1) is 19.8. The van der Waals surface area contributed by atoms with Crippen molar-refractivity contribution in [2.45, 2.75) is 187 Å². The van der Waals surface area contributed by atoms with Gasteiger partial charge in [0.15, 0.2) is 0 Å². The molecule has 0 bridgehead atoms. The van der Waals surface area contributed by atoms with E-state index in [1.807, 2.05) is 0 Å². The van der Waals surface area contributed by atoms with Gasteiger partial charge in [-0.2, -0.15) is 0 Å². The Morgan fingerprint density at radius 1 is 0.475 bits per heavy atom. The van der Waals surface area contributed by atoms with E-state index in [1.54, 1.807) is 0 Å². The quantitative estimate of drug-likeness (QED) is 0.0963. The highest BCUT2D eigenvalue weighted by atomic mass is 15.1. The van der Waals surface area contributed by atoms with E-state index in [0.717, 1.165) is 25.8 Å². The van der Waals surface area contributed by atoms with E-state index in [4.69, 9.17) is 4.98 Å². The van der Waals surface area contributed by atoms with Crippen LogP contribution in [0.1, 0.15) is 179 Å². The van der Waals surface area contributed by atoms with Gasteiger partial charge in [-0.3, -0.25) is 0 Å². The van der Waals surface area contributed by atoms with Gasteiger partial charge >= 0.3 is 0 Å². The molecule has 0 amide bonds. The van der Waals surface area contributed by atoms with Crippen LogP contribution in [-0.4, -0.2) is 9.55 Å². The zero-order valence-corrected chi connectivity index (χ0v) is 27.0. The molecule has 0 atom stereocenters. The van der Waals surface area contributed by atoms with Crippen LogP contribution in [0.25, 0.3) is 0 Å². The molecular weight excluding hydrogens is 484 g/mol. The summed E-state index contributed by atoms with van der Waals surface area (Å²) in [6.07, 6.45) is 38.1. The number of imidazole rings is 1. The molecule has 0 radical (unpaired) electrons. The van der Waals surface area contributed by atoms with Crippen molar-refractivity contribution in [3.05, 3.63) is 53.6 Å². The fourth-order valence-corrected chi connectivity index (χ4v) is 6.04. The van der Waals surface area contributed by atoms with E-state index < -0.39 is 0 Å². The van der Waals surface area contributed by atoms with Gasteiger partial charge in [0, 0.05) is 19.2 Å². The van der Waals surface area contributed by atoms with Crippen LogP contribution in [0.3, 0.4) is 0 Å². The molecule has 0 unspecified atom stereocenters. The van der Waals surface area contributed by atoms with Crippen molar-refractivity contribution < 1.29 is 0 Å². The summed E-state index contributed by atoms with van der Waals surface area (Å²) < 4.78 is 2.51. The van der Waals surface area contributed by atoms with Crippen molar-refractivity contribution in [3.8, 4) is 0 Å². The van der Waals surface area contributed by atoms with Gasteiger partial charge in [-0.05, 0) is 37.7 Å². The standard InChI is InChI=1S/C38H66N2/c1-3-5-7-9-10-11-12-13-14-15-16-17-18-19-20-21-26-33-38-39-37(32-28-31-36-29-24-23-25-30-36)35-40(38)34-27-22-8-6-4-2/h23-25,29-30,35H,3-22,26-28,31-34H2,1-2H3. The minimum Gasteiger partial charge on any atom is -0.335 e. The SMILES string of the molecule is CCCCCCCCCCCCCCCCCCCc1nc(CCCc2ccccc2)cn1CCCCCCC. The highest BCUT2D eigenvalue weighted by molar-refractivity contribution is 5.15. The zero-order valence-electron chi connectivity index (χ0n) is 27.0. The molecule has 1 aromatic carbocycles. The van der Waals surface area contributed by atoms with Crippen LogP contribution in [0.2, 0.25) is 0 Å². The molecule has 0 spiro atoms. The summed E-state index contributed by atoms with van der Waals surface area (Å²) in [6, 6.07) is 10.9. The van der Waals surface area contributed by atoms with Gasteiger partial charge in [0.1, 0.15) is 5.82 Å². The number of nitrogens with zero attached hydrogens (tertiary/aromatic N) is 2. The lowest BCUT2D eigenvalue weighted by molar-refractivity contribution is 0.522. The third-order valence-corrected chi connectivity index (χ3v) is 8.66. The minimum atomic E-state index is 1.10. The maximum absolute atomic E-state index is 5.13. The molecule has 0 saturated carbocycles. The minimum absolute atomic E-state index is 1.10. The van der Waals surface area contributed by atoms with Crippen LogP contribution in [-0.2, 0) is 25.8 Å². The van der Waals surface area contributed by atoms with Gasteiger partial charge in [0.25, 0.3) is 0 Å². The average molecular weight is 551 g/mol. The normalized spacial score (nSPS) is 11.4. The average Bonchev–Trinajstić information content (AvgIpc) is 3.36. The Balaban J connectivity index is 1.54. The summed E-state index contributed by atoms with van der Waals surface area (Å²) in [7, 11) is 0. The molecule has 2 rings (SSSR count). The molecule has 0 saturated heterocycles. The predicted molar refractivity (Wildman–Crippen MR) is 177 cm³/mol. The number of rotatable bonds is 28. The molecule has 2 heteroatoms. The second-order valence-electron chi connectivity index (χ2n) is 12.5.